The van der Waals surface area contributed by atoms with Crippen LogP contribution in [0.3, 0.4) is 0 Å². The minimum Gasteiger partial charge on any atom is -0.521 e. The Morgan fingerprint density at radius 2 is 1.83 bits per heavy atom. The summed E-state index contributed by atoms with van der Waals surface area (Å²) in [4.78, 5) is 18.7. The molecule has 2 aromatic carbocycles. The van der Waals surface area contributed by atoms with E-state index in [1.165, 1.54) is 23.1 Å². The maximum absolute atomic E-state index is 9.52. The Labute approximate surface area is 129 Å². The SMILES string of the molecule is COc1cccc(-c2ccc(C)cc2)c1.O=[C-]NCC(=O)O.[Fm]. The molecule has 0 spiro atoms. The fraction of sp³-hybridized carbons (Fsp3) is 0.176. The number of ether oxygens (including phenoxy) is 1. The molecular formula is C17H18FmNO4-. The van der Waals surface area contributed by atoms with Crippen molar-refractivity contribution in [2.45, 2.75) is 6.92 Å². The van der Waals surface area contributed by atoms with Crippen LogP contribution in [0.5, 0.6) is 5.75 Å². The largest absolute Gasteiger partial charge is 0.521 e. The fourth-order valence-electron chi connectivity index (χ4n) is 1.66. The van der Waals surface area contributed by atoms with Crippen molar-refractivity contribution in [1.82, 2.24) is 5.32 Å². The summed E-state index contributed by atoms with van der Waals surface area (Å²) < 4.78 is 5.20. The van der Waals surface area contributed by atoms with Crippen LogP contribution in [0.25, 0.3) is 11.1 Å². The number of benzene rings is 2. The Morgan fingerprint density at radius 1 is 1.17 bits per heavy atom. The number of hydrogen-bond donors (Lipinski definition) is 2. The van der Waals surface area contributed by atoms with E-state index in [0.29, 0.717) is 0 Å². The van der Waals surface area contributed by atoms with Crippen LogP contribution in [0.15, 0.2) is 48.5 Å². The predicted octanol–water partition coefficient (Wildman–Crippen LogP) is 2.40. The number of methoxy groups -OCH3 is 1. The number of carboxylic acid groups (broad SMARTS) is 1. The molecule has 0 saturated heterocycles. The van der Waals surface area contributed by atoms with Crippen LogP contribution in [0.2, 0.25) is 0 Å². The first-order chi connectivity index (χ1) is 10.6. The average Bonchev–Trinajstić information content (AvgIpc) is 2.54. The molecule has 0 radical (unpaired) electrons. The summed E-state index contributed by atoms with van der Waals surface area (Å²) in [6, 6.07) is 16.6. The van der Waals surface area contributed by atoms with E-state index in [1.807, 2.05) is 23.5 Å². The van der Waals surface area contributed by atoms with Gasteiger partial charge in [-0.1, -0.05) is 42.0 Å². The van der Waals surface area contributed by atoms with Crippen molar-refractivity contribution in [3.63, 3.8) is 0 Å². The summed E-state index contributed by atoms with van der Waals surface area (Å²) in [7, 11) is 1.69. The molecule has 0 saturated carbocycles. The molecule has 23 heavy (non-hydrogen) atoms. The van der Waals surface area contributed by atoms with Gasteiger partial charge in [-0.05, 0) is 30.2 Å². The van der Waals surface area contributed by atoms with Crippen molar-refractivity contribution in [2.24, 2.45) is 0 Å². The van der Waals surface area contributed by atoms with Crippen molar-refractivity contribution in [3.8, 4) is 16.9 Å². The van der Waals surface area contributed by atoms with Gasteiger partial charge in [-0.15, -0.1) is 0 Å². The van der Waals surface area contributed by atoms with Crippen molar-refractivity contribution < 1.29 is 19.4 Å². The molecule has 2 rings (SSSR count). The smallest absolute Gasteiger partial charge is 0.320 e. The van der Waals surface area contributed by atoms with Crippen LogP contribution in [0, 0.1) is 6.92 Å². The van der Waals surface area contributed by atoms with Crippen LogP contribution >= 0.6 is 0 Å². The molecule has 128 valence electrons. The van der Waals surface area contributed by atoms with Gasteiger partial charge in [0, 0.05) is 0 Å². The minimum absolute atomic E-state index is 0. The number of aliphatic carboxylic acids is 1. The Kier molecular flexibility index (Phi) is 8.33. The maximum Gasteiger partial charge on any atom is 0.320 e. The third kappa shape index (κ3) is 6.94. The van der Waals surface area contributed by atoms with Crippen LogP contribution in [0.1, 0.15) is 5.56 Å². The van der Waals surface area contributed by atoms with Crippen molar-refractivity contribution in [2.75, 3.05) is 13.7 Å². The number of rotatable bonds is 5. The molecule has 2 aromatic rings. The zero-order valence-electron chi connectivity index (χ0n) is 12.8. The van der Waals surface area contributed by atoms with E-state index in [2.05, 4.69) is 37.3 Å². The van der Waals surface area contributed by atoms with Gasteiger partial charge in [0.1, 0.15) is 5.75 Å². The van der Waals surface area contributed by atoms with Crippen LogP contribution < -0.4 is 10.1 Å². The van der Waals surface area contributed by atoms with Gasteiger partial charge in [0.25, 0.3) is 0 Å². The molecule has 6 heteroatoms. The molecule has 2 N–H and O–H groups in total. The second-order valence-electron chi connectivity index (χ2n) is 4.45. The Morgan fingerprint density at radius 3 is 2.30 bits per heavy atom. The number of hydrogen-bond acceptors (Lipinski definition) is 3. The third-order valence-electron chi connectivity index (χ3n) is 2.77. The molecule has 0 unspecified atom stereocenters. The number of carbonyl (C=O) groups is 1. The summed E-state index contributed by atoms with van der Waals surface area (Å²) in [6.45, 7) is 1.73. The predicted molar refractivity (Wildman–Crippen MR) is 84.5 cm³/mol. The molecule has 0 aliphatic carbocycles. The molecule has 0 aromatic heterocycles. The number of carbonyl (C=O) groups excluding carboxylic acids is 1. The zero-order chi connectivity index (χ0) is 16.4. The topological polar surface area (TPSA) is 75.6 Å². The Hall–Kier alpha value is -3.82. The first kappa shape index (κ1) is 19.2. The quantitative estimate of drug-likeness (QED) is 0.438. The van der Waals surface area contributed by atoms with Gasteiger partial charge in [0.15, 0.2) is 0 Å². The zero-order valence-corrected chi connectivity index (χ0v) is 15.2. The van der Waals surface area contributed by atoms with Crippen LogP contribution in [0.4, 0.5) is 0 Å². The van der Waals surface area contributed by atoms with Gasteiger partial charge in [0.2, 0.25) is 0 Å². The van der Waals surface area contributed by atoms with E-state index in [1.54, 1.807) is 7.11 Å². The molecule has 0 fully saturated rings. The standard InChI is InChI=1S/C14H14O.C3H4NO3.Fm/c1-11-6-8-12(9-7-11)13-4-3-5-14(10-13)15-2;5-2-4-1-3(6)7;/h3-10H,1-2H3;1H2,(H,4,5)(H,6,7);/q;-1;. The van der Waals surface area contributed by atoms with Crippen molar-refractivity contribution >= 4 is 12.4 Å². The summed E-state index contributed by atoms with van der Waals surface area (Å²) in [6.07, 6.45) is 1.22. The van der Waals surface area contributed by atoms with Gasteiger partial charge >= 0.3 is 5.97 Å². The van der Waals surface area contributed by atoms with Gasteiger partial charge in [-0.2, -0.15) is 6.41 Å². The monoisotopic (exact) mass is 557 g/mol. The molecule has 0 atom stereocenters. The summed E-state index contributed by atoms with van der Waals surface area (Å²) in [5.74, 6) is -0.170. The second-order valence-corrected chi connectivity index (χ2v) is 4.45. The molecule has 0 heterocycles. The van der Waals surface area contributed by atoms with Crippen molar-refractivity contribution in [1.29, 1.82) is 0 Å². The normalized spacial score (nSPS) is 8.78. The Balaban J connectivity index is 0.000000522. The summed E-state index contributed by atoms with van der Waals surface area (Å²) in [5, 5.41) is 9.65. The van der Waals surface area contributed by atoms with E-state index in [0.717, 1.165) is 5.75 Å². The fourth-order valence-corrected chi connectivity index (χ4v) is 1.66. The van der Waals surface area contributed by atoms with E-state index >= 15 is 0 Å². The van der Waals surface area contributed by atoms with E-state index in [9.17, 15) is 9.59 Å². The maximum atomic E-state index is 9.52. The molecule has 0 aliphatic heterocycles. The molecule has 0 bridgehead atoms. The molecule has 5 nitrogen and oxygen atoms in total. The number of carboxylic acids is 1. The van der Waals surface area contributed by atoms with E-state index in [4.69, 9.17) is 9.84 Å². The van der Waals surface area contributed by atoms with E-state index in [-0.39, 0.29) is 6.54 Å². The molecule has 1 amide bonds. The second kappa shape index (κ2) is 9.99. The van der Waals surface area contributed by atoms with Gasteiger partial charge < -0.3 is 20.0 Å². The minimum atomic E-state index is -1.07. The number of amides is 1. The summed E-state index contributed by atoms with van der Waals surface area (Å²) in [5.41, 5.74) is 3.69. The van der Waals surface area contributed by atoms with Gasteiger partial charge in [-0.3, -0.25) is 4.79 Å². The van der Waals surface area contributed by atoms with Gasteiger partial charge in [0.05, 0.1) is 13.7 Å². The van der Waals surface area contributed by atoms with E-state index < -0.39 is 5.97 Å². The van der Waals surface area contributed by atoms with Crippen LogP contribution in [-0.4, -0.2) is 31.1 Å². The molecule has 0 aliphatic rings. The van der Waals surface area contributed by atoms with Gasteiger partial charge in [-0.25, -0.2) is 0 Å². The summed E-state index contributed by atoms with van der Waals surface area (Å²) >= 11 is 0. The molecular weight excluding hydrogens is 539 g/mol. The van der Waals surface area contributed by atoms with Crippen molar-refractivity contribution in [3.05, 3.63) is 54.1 Å². The first-order valence-corrected chi connectivity index (χ1v) is 6.59. The number of aryl methyl sites for hydroxylation is 1. The third-order valence-corrected chi connectivity index (χ3v) is 2.77. The first-order valence-electron chi connectivity index (χ1n) is 6.59. The average molecular weight is 557 g/mol. The Bertz CT molecular complexity index is 614. The number of nitrogens with one attached hydrogen (secondary N) is 1. The van der Waals surface area contributed by atoms with Crippen LogP contribution in [-0.2, 0) is 9.59 Å².